The van der Waals surface area contributed by atoms with Crippen molar-refractivity contribution in [2.75, 3.05) is 13.6 Å². The van der Waals surface area contributed by atoms with Gasteiger partial charge in [-0.25, -0.2) is 4.79 Å². The highest BCUT2D eigenvalue weighted by molar-refractivity contribution is 6.33. The van der Waals surface area contributed by atoms with Crippen molar-refractivity contribution >= 4 is 29.6 Å². The van der Waals surface area contributed by atoms with Crippen LogP contribution in [0.2, 0.25) is 5.02 Å². The van der Waals surface area contributed by atoms with E-state index in [2.05, 4.69) is 0 Å². The van der Waals surface area contributed by atoms with Crippen LogP contribution in [-0.2, 0) is 4.79 Å². The molecule has 1 fully saturated rings. The van der Waals surface area contributed by atoms with Gasteiger partial charge in [0.25, 0.3) is 0 Å². The van der Waals surface area contributed by atoms with Gasteiger partial charge in [0.05, 0.1) is 10.6 Å². The van der Waals surface area contributed by atoms with Gasteiger partial charge >= 0.3 is 5.97 Å². The summed E-state index contributed by atoms with van der Waals surface area (Å²) in [5, 5.41) is 9.49. The fourth-order valence-corrected chi connectivity index (χ4v) is 3.41. The number of halogens is 1. The number of carboxylic acids is 1. The Kier molecular flexibility index (Phi) is 4.43. The van der Waals surface area contributed by atoms with Crippen LogP contribution >= 0.6 is 11.6 Å². The number of aromatic nitrogens is 1. The molecule has 0 spiro atoms. The lowest BCUT2D eigenvalue weighted by atomic mass is 10.1. The molecule has 1 N–H and O–H groups in total. The Bertz CT molecular complexity index is 912. The third-order valence-corrected chi connectivity index (χ3v) is 4.91. The highest BCUT2D eigenvalue weighted by Gasteiger charge is 2.23. The molecule has 0 bridgehead atoms. The molecule has 6 heteroatoms. The van der Waals surface area contributed by atoms with Crippen LogP contribution < -0.4 is 0 Å². The van der Waals surface area contributed by atoms with Crippen molar-refractivity contribution < 1.29 is 14.7 Å². The van der Waals surface area contributed by atoms with Crippen LogP contribution in [0.25, 0.3) is 11.8 Å². The fraction of sp³-hybridized carbons (Fsp3) is 0.263. The highest BCUT2D eigenvalue weighted by Crippen LogP contribution is 2.27. The third kappa shape index (κ3) is 3.07. The number of nitrogens with zero attached hydrogens (tertiary/aromatic N) is 2. The molecule has 1 saturated heterocycles. The number of aromatic carboxylic acids is 1. The molecule has 2 aromatic rings. The van der Waals surface area contributed by atoms with Gasteiger partial charge in [-0.1, -0.05) is 11.6 Å². The number of hydrogen-bond acceptors (Lipinski definition) is 2. The topological polar surface area (TPSA) is 62.5 Å². The van der Waals surface area contributed by atoms with E-state index in [1.165, 1.54) is 0 Å². The molecule has 0 atom stereocenters. The zero-order chi connectivity index (χ0) is 18.3. The lowest BCUT2D eigenvalue weighted by Gasteiger charge is -2.11. The molecule has 0 saturated carbocycles. The third-order valence-electron chi connectivity index (χ3n) is 4.58. The largest absolute Gasteiger partial charge is 0.478 e. The highest BCUT2D eigenvalue weighted by atomic mass is 35.5. The maximum atomic E-state index is 12.1. The molecule has 1 aliphatic heterocycles. The smallest absolute Gasteiger partial charge is 0.337 e. The van der Waals surface area contributed by atoms with Crippen LogP contribution in [0.3, 0.4) is 0 Å². The number of likely N-dealkylation sites (tertiary alicyclic amines) is 1. The van der Waals surface area contributed by atoms with Crippen LogP contribution in [-0.4, -0.2) is 40.0 Å². The quantitative estimate of drug-likeness (QED) is 0.851. The first kappa shape index (κ1) is 17.3. The predicted octanol–water partition coefficient (Wildman–Crippen LogP) is 3.69. The number of aryl methyl sites for hydroxylation is 1. The number of hydrogen-bond donors (Lipinski definition) is 1. The van der Waals surface area contributed by atoms with E-state index in [0.717, 1.165) is 41.2 Å². The molecular formula is C19H19ClN2O3. The number of carbonyl (C=O) groups is 2. The normalized spacial score (nSPS) is 16.1. The fourth-order valence-electron chi connectivity index (χ4n) is 3.21. The minimum atomic E-state index is -1.06. The first-order chi connectivity index (χ1) is 11.8. The number of carboxylic acid groups (broad SMARTS) is 1. The van der Waals surface area contributed by atoms with Crippen molar-refractivity contribution in [1.82, 2.24) is 9.47 Å². The van der Waals surface area contributed by atoms with Gasteiger partial charge < -0.3 is 14.6 Å². The Labute approximate surface area is 151 Å². The van der Waals surface area contributed by atoms with E-state index in [9.17, 15) is 14.7 Å². The second-order valence-corrected chi connectivity index (χ2v) is 6.68. The van der Waals surface area contributed by atoms with Gasteiger partial charge in [-0.3, -0.25) is 4.79 Å². The summed E-state index contributed by atoms with van der Waals surface area (Å²) in [6.07, 6.45) is 2.67. The van der Waals surface area contributed by atoms with Crippen LogP contribution in [0.4, 0.5) is 0 Å². The van der Waals surface area contributed by atoms with Crippen molar-refractivity contribution in [1.29, 1.82) is 0 Å². The summed E-state index contributed by atoms with van der Waals surface area (Å²) in [5.41, 5.74) is 4.47. The average Bonchev–Trinajstić information content (AvgIpc) is 3.01. The zero-order valence-corrected chi connectivity index (χ0v) is 15.1. The Balaban J connectivity index is 2.07. The molecule has 1 aromatic carbocycles. The summed E-state index contributed by atoms with van der Waals surface area (Å²) in [7, 11) is 1.80. The summed E-state index contributed by atoms with van der Waals surface area (Å²) in [5.74, 6) is -0.999. The maximum absolute atomic E-state index is 12.1. The lowest BCUT2D eigenvalue weighted by Crippen LogP contribution is -2.18. The van der Waals surface area contributed by atoms with Gasteiger partial charge in [0, 0.05) is 36.2 Å². The molecular weight excluding hydrogens is 340 g/mol. The van der Waals surface area contributed by atoms with E-state index in [1.807, 2.05) is 30.6 Å². The molecule has 5 nitrogen and oxygen atoms in total. The maximum Gasteiger partial charge on any atom is 0.337 e. The van der Waals surface area contributed by atoms with Gasteiger partial charge in [-0.15, -0.1) is 0 Å². The number of benzene rings is 1. The summed E-state index contributed by atoms with van der Waals surface area (Å²) in [6.45, 7) is 4.65. The van der Waals surface area contributed by atoms with Crippen LogP contribution in [0, 0.1) is 13.8 Å². The first-order valence-corrected chi connectivity index (χ1v) is 8.35. The average molecular weight is 359 g/mol. The van der Waals surface area contributed by atoms with Crippen molar-refractivity contribution in [2.24, 2.45) is 0 Å². The van der Waals surface area contributed by atoms with Crippen LogP contribution in [0.5, 0.6) is 0 Å². The van der Waals surface area contributed by atoms with E-state index < -0.39 is 5.97 Å². The second-order valence-electron chi connectivity index (χ2n) is 6.28. The molecule has 1 amide bonds. The standard InChI is InChI=1S/C19H19ClN2O3/c1-11-8-14(9-13-6-7-21(3)18(13)23)12(2)22(11)15-4-5-17(20)16(10-15)19(24)25/h4-5,8-10H,6-7H2,1-3H3,(H,24,25)/b13-9-. The van der Waals surface area contributed by atoms with Gasteiger partial charge in [-0.2, -0.15) is 0 Å². The van der Waals surface area contributed by atoms with Crippen molar-refractivity contribution in [3.63, 3.8) is 0 Å². The Morgan fingerprint density at radius 1 is 1.28 bits per heavy atom. The minimum absolute atomic E-state index is 0.0597. The summed E-state index contributed by atoms with van der Waals surface area (Å²) < 4.78 is 1.97. The minimum Gasteiger partial charge on any atom is -0.478 e. The molecule has 0 unspecified atom stereocenters. The SMILES string of the molecule is Cc1cc(/C=C2/CCN(C)C2=O)c(C)n1-c1ccc(Cl)c(C(=O)O)c1. The van der Waals surface area contributed by atoms with Crippen LogP contribution in [0.1, 0.15) is 33.7 Å². The Morgan fingerprint density at radius 2 is 2.00 bits per heavy atom. The van der Waals surface area contributed by atoms with Gasteiger partial charge in [-0.05, 0) is 56.2 Å². The summed E-state index contributed by atoms with van der Waals surface area (Å²) >= 11 is 5.96. The molecule has 0 radical (unpaired) electrons. The van der Waals surface area contributed by atoms with Crippen molar-refractivity contribution in [2.45, 2.75) is 20.3 Å². The molecule has 25 heavy (non-hydrogen) atoms. The van der Waals surface area contributed by atoms with E-state index >= 15 is 0 Å². The number of carbonyl (C=O) groups excluding carboxylic acids is 1. The van der Waals surface area contributed by atoms with Gasteiger partial charge in [0.1, 0.15) is 0 Å². The number of rotatable bonds is 3. The number of likely N-dealkylation sites (N-methyl/N-ethyl adjacent to an activating group) is 1. The molecule has 1 aliphatic rings. The first-order valence-electron chi connectivity index (χ1n) is 7.97. The molecule has 1 aromatic heterocycles. The molecule has 0 aliphatic carbocycles. The van der Waals surface area contributed by atoms with E-state index in [0.29, 0.717) is 0 Å². The van der Waals surface area contributed by atoms with Crippen molar-refractivity contribution in [3.8, 4) is 5.69 Å². The van der Waals surface area contributed by atoms with Gasteiger partial charge in [0.15, 0.2) is 0 Å². The van der Waals surface area contributed by atoms with E-state index in [-0.39, 0.29) is 16.5 Å². The Morgan fingerprint density at radius 3 is 2.60 bits per heavy atom. The van der Waals surface area contributed by atoms with Gasteiger partial charge in [0.2, 0.25) is 5.91 Å². The summed E-state index contributed by atoms with van der Waals surface area (Å²) in [6, 6.07) is 6.95. The lowest BCUT2D eigenvalue weighted by molar-refractivity contribution is -0.123. The Hall–Kier alpha value is -2.53. The number of amides is 1. The summed E-state index contributed by atoms with van der Waals surface area (Å²) in [4.78, 5) is 25.2. The van der Waals surface area contributed by atoms with Crippen molar-refractivity contribution in [3.05, 3.63) is 57.4 Å². The van der Waals surface area contributed by atoms with E-state index in [4.69, 9.17) is 11.6 Å². The molecule has 3 rings (SSSR count). The van der Waals surface area contributed by atoms with E-state index in [1.54, 1.807) is 30.1 Å². The second kappa shape index (κ2) is 6.41. The monoisotopic (exact) mass is 358 g/mol. The molecule has 2 heterocycles. The predicted molar refractivity (Wildman–Crippen MR) is 97.4 cm³/mol. The van der Waals surface area contributed by atoms with Crippen LogP contribution in [0.15, 0.2) is 29.8 Å². The molecule has 130 valence electrons. The zero-order valence-electron chi connectivity index (χ0n) is 14.3.